The summed E-state index contributed by atoms with van der Waals surface area (Å²) in [5.41, 5.74) is 2.11. The van der Waals surface area contributed by atoms with E-state index in [2.05, 4.69) is 0 Å². The molecule has 1 heterocycles. The first-order chi connectivity index (χ1) is 16.0. The molecule has 3 aromatic carbocycles. The van der Waals surface area contributed by atoms with Gasteiger partial charge in [-0.15, -0.1) is 0 Å². The molecule has 0 spiro atoms. The van der Waals surface area contributed by atoms with Crippen molar-refractivity contribution in [2.45, 2.75) is 20.8 Å². The molecule has 0 unspecified atom stereocenters. The highest BCUT2D eigenvalue weighted by atomic mass is 16.5. The van der Waals surface area contributed by atoms with Crippen LogP contribution in [0.5, 0.6) is 11.5 Å². The first-order valence-corrected chi connectivity index (χ1v) is 10.7. The molecule has 5 heteroatoms. The van der Waals surface area contributed by atoms with E-state index in [1.807, 2.05) is 61.5 Å². The number of hydrogen-bond donors (Lipinski definition) is 0. The van der Waals surface area contributed by atoms with Gasteiger partial charge in [-0.3, -0.25) is 4.79 Å². The van der Waals surface area contributed by atoms with Crippen LogP contribution in [0.3, 0.4) is 0 Å². The lowest BCUT2D eigenvalue weighted by molar-refractivity contribution is -0.128. The minimum absolute atomic E-state index is 0.203. The van der Waals surface area contributed by atoms with E-state index in [9.17, 15) is 9.59 Å². The van der Waals surface area contributed by atoms with Crippen molar-refractivity contribution in [3.63, 3.8) is 0 Å². The maximum Gasteiger partial charge on any atom is 0.336 e. The lowest BCUT2D eigenvalue weighted by atomic mass is 10.1. The Morgan fingerprint density at radius 3 is 2.30 bits per heavy atom. The molecule has 0 amide bonds. The summed E-state index contributed by atoms with van der Waals surface area (Å²) in [7, 11) is 0. The first kappa shape index (κ1) is 22.1. The average Bonchev–Trinajstić information content (AvgIpc) is 3.02. The number of benzene rings is 2. The zero-order valence-corrected chi connectivity index (χ0v) is 18.8. The van der Waals surface area contributed by atoms with Crippen LogP contribution < -0.4 is 14.9 Å². The molecular formula is C28H24O5. The van der Waals surface area contributed by atoms with Crippen molar-refractivity contribution in [1.29, 1.82) is 0 Å². The lowest BCUT2D eigenvalue weighted by Gasteiger charge is -2.05. The molecule has 0 fully saturated rings. The van der Waals surface area contributed by atoms with Crippen LogP contribution in [0.4, 0.5) is 0 Å². The summed E-state index contributed by atoms with van der Waals surface area (Å²) in [6.45, 7) is 5.97. The highest BCUT2D eigenvalue weighted by Crippen LogP contribution is 2.34. The van der Waals surface area contributed by atoms with Crippen LogP contribution in [0.1, 0.15) is 24.0 Å². The minimum Gasteiger partial charge on any atom is -0.494 e. The number of esters is 1. The molecule has 1 aromatic heterocycles. The molecule has 33 heavy (non-hydrogen) atoms. The SMILES string of the molecule is CCOc1ccc(-c2cc(OC(=O)/C=C/c3ccccc3)c3c(C)oc(C)c3c(=O)c2)cc1. The fourth-order valence-corrected chi connectivity index (χ4v) is 3.77. The Labute approximate surface area is 191 Å². The van der Waals surface area contributed by atoms with E-state index in [-0.39, 0.29) is 11.2 Å². The zero-order valence-electron chi connectivity index (χ0n) is 18.8. The largest absolute Gasteiger partial charge is 0.494 e. The predicted molar refractivity (Wildman–Crippen MR) is 130 cm³/mol. The van der Waals surface area contributed by atoms with E-state index in [0.29, 0.717) is 34.5 Å². The molecule has 0 N–H and O–H groups in total. The van der Waals surface area contributed by atoms with E-state index in [1.165, 1.54) is 12.1 Å². The molecule has 0 atom stereocenters. The highest BCUT2D eigenvalue weighted by molar-refractivity contribution is 5.96. The summed E-state index contributed by atoms with van der Waals surface area (Å²) < 4.78 is 16.9. The molecule has 4 aromatic rings. The van der Waals surface area contributed by atoms with Crippen LogP contribution in [-0.2, 0) is 4.79 Å². The topological polar surface area (TPSA) is 65.7 Å². The number of furan rings is 1. The molecule has 0 aliphatic heterocycles. The van der Waals surface area contributed by atoms with Gasteiger partial charge in [0.05, 0.1) is 17.4 Å². The Bertz CT molecular complexity index is 1380. The number of fused-ring (bicyclic) bond motifs is 1. The first-order valence-electron chi connectivity index (χ1n) is 10.7. The Balaban J connectivity index is 1.79. The van der Waals surface area contributed by atoms with Crippen LogP contribution in [0.25, 0.3) is 28.0 Å². The maximum atomic E-state index is 13.1. The highest BCUT2D eigenvalue weighted by Gasteiger charge is 2.18. The van der Waals surface area contributed by atoms with Gasteiger partial charge in [-0.05, 0) is 67.8 Å². The molecule has 4 rings (SSSR count). The number of aryl methyl sites for hydroxylation is 2. The molecule has 0 bridgehead atoms. The molecule has 0 saturated carbocycles. The van der Waals surface area contributed by atoms with Crippen molar-refractivity contribution >= 4 is 22.8 Å². The Kier molecular flexibility index (Phi) is 6.41. The standard InChI is InChI=1S/C28H24O5/c1-4-31-23-13-11-21(12-14-23)22-16-24(29)27-18(2)32-19(3)28(27)25(17-22)33-26(30)15-10-20-8-6-5-7-9-20/h5-17H,4H2,1-3H3/b15-10+. The van der Waals surface area contributed by atoms with Crippen molar-refractivity contribution in [1.82, 2.24) is 0 Å². The van der Waals surface area contributed by atoms with Crippen molar-refractivity contribution in [2.75, 3.05) is 6.61 Å². The monoisotopic (exact) mass is 440 g/mol. The molecule has 0 aliphatic carbocycles. The van der Waals surface area contributed by atoms with Gasteiger partial charge in [0.15, 0.2) is 5.43 Å². The molecular weight excluding hydrogens is 416 g/mol. The quantitative estimate of drug-likeness (QED) is 0.268. The number of hydrogen-bond acceptors (Lipinski definition) is 5. The third kappa shape index (κ3) is 4.88. The van der Waals surface area contributed by atoms with Gasteiger partial charge in [0, 0.05) is 6.08 Å². The van der Waals surface area contributed by atoms with Crippen molar-refractivity contribution in [3.05, 3.63) is 100 Å². The summed E-state index contributed by atoms with van der Waals surface area (Å²) in [5, 5.41) is 0.899. The van der Waals surface area contributed by atoms with E-state index in [4.69, 9.17) is 13.9 Å². The number of carbonyl (C=O) groups excluding carboxylic acids is 1. The summed E-state index contributed by atoms with van der Waals surface area (Å²) in [6, 6.07) is 20.1. The van der Waals surface area contributed by atoms with Gasteiger partial charge in [0.1, 0.15) is 23.0 Å². The summed E-state index contributed by atoms with van der Waals surface area (Å²) >= 11 is 0. The van der Waals surface area contributed by atoms with Gasteiger partial charge in [-0.1, -0.05) is 42.5 Å². The van der Waals surface area contributed by atoms with Crippen molar-refractivity contribution < 1.29 is 18.7 Å². The average molecular weight is 440 g/mol. The van der Waals surface area contributed by atoms with Crippen LogP contribution in [0.2, 0.25) is 0 Å². The van der Waals surface area contributed by atoms with Crippen molar-refractivity contribution in [2.24, 2.45) is 0 Å². The van der Waals surface area contributed by atoms with E-state index >= 15 is 0 Å². The molecule has 0 aliphatic rings. The predicted octanol–water partition coefficient (Wildman–Crippen LogP) is 6.09. The number of carbonyl (C=O) groups is 1. The van der Waals surface area contributed by atoms with Gasteiger partial charge < -0.3 is 13.9 Å². The minimum atomic E-state index is -0.547. The van der Waals surface area contributed by atoms with Crippen LogP contribution in [-0.4, -0.2) is 12.6 Å². The summed E-state index contributed by atoms with van der Waals surface area (Å²) in [6.07, 6.45) is 3.05. The second kappa shape index (κ2) is 9.57. The maximum absolute atomic E-state index is 13.1. The zero-order chi connectivity index (χ0) is 23.4. The van der Waals surface area contributed by atoms with Gasteiger partial charge in [-0.2, -0.15) is 0 Å². The van der Waals surface area contributed by atoms with E-state index in [1.54, 1.807) is 26.0 Å². The van der Waals surface area contributed by atoms with E-state index in [0.717, 1.165) is 16.9 Å². The third-order valence-corrected chi connectivity index (χ3v) is 5.25. The van der Waals surface area contributed by atoms with Crippen molar-refractivity contribution in [3.8, 4) is 22.6 Å². The lowest BCUT2D eigenvalue weighted by Crippen LogP contribution is -2.04. The van der Waals surface area contributed by atoms with Crippen LogP contribution in [0, 0.1) is 13.8 Å². The fourth-order valence-electron chi connectivity index (χ4n) is 3.77. The van der Waals surface area contributed by atoms with E-state index < -0.39 is 5.97 Å². The number of rotatable bonds is 6. The van der Waals surface area contributed by atoms with Gasteiger partial charge in [0.25, 0.3) is 0 Å². The molecule has 0 saturated heterocycles. The van der Waals surface area contributed by atoms with Gasteiger partial charge in [0.2, 0.25) is 0 Å². The Hall–Kier alpha value is -4.12. The van der Waals surface area contributed by atoms with Crippen LogP contribution in [0.15, 0.2) is 82.0 Å². The summed E-state index contributed by atoms with van der Waals surface area (Å²) in [4.78, 5) is 25.8. The van der Waals surface area contributed by atoms with Crippen LogP contribution >= 0.6 is 0 Å². The molecule has 0 radical (unpaired) electrons. The van der Waals surface area contributed by atoms with Gasteiger partial charge in [-0.25, -0.2) is 4.79 Å². The third-order valence-electron chi connectivity index (χ3n) is 5.25. The second-order valence-corrected chi connectivity index (χ2v) is 7.56. The Morgan fingerprint density at radius 1 is 0.909 bits per heavy atom. The summed E-state index contributed by atoms with van der Waals surface area (Å²) in [5.74, 6) is 1.47. The van der Waals surface area contributed by atoms with Gasteiger partial charge >= 0.3 is 5.97 Å². The normalized spacial score (nSPS) is 11.1. The fraction of sp³-hybridized carbons (Fsp3) is 0.143. The second-order valence-electron chi connectivity index (χ2n) is 7.56. The molecule has 5 nitrogen and oxygen atoms in total. The smallest absolute Gasteiger partial charge is 0.336 e. The number of ether oxygens (including phenoxy) is 2. The molecule has 166 valence electrons. The Morgan fingerprint density at radius 2 is 1.61 bits per heavy atom.